The molecule has 0 radical (unpaired) electrons. The van der Waals surface area contributed by atoms with Gasteiger partial charge in [-0.15, -0.1) is 11.3 Å². The highest BCUT2D eigenvalue weighted by molar-refractivity contribution is 7.26. The van der Waals surface area contributed by atoms with Crippen molar-refractivity contribution in [2.75, 3.05) is 4.90 Å². The predicted molar refractivity (Wildman–Crippen MR) is 212 cm³/mol. The standard InChI is InChI=1S/C46H27NO2S/c1-2-11-31(12-3-1)47(32-18-21-41-38(26-32)37-23-28-9-4-5-10-29(28)24-43(37)49-41)33-19-22-44-39(27-33)46-34(14-8-16-45(46)50-44)30-17-20-36-35-13-6-7-15-40(35)48-42(36)25-30/h1-27H. The maximum Gasteiger partial charge on any atom is 0.136 e. The highest BCUT2D eigenvalue weighted by Gasteiger charge is 2.19. The number of thiophene rings is 1. The van der Waals surface area contributed by atoms with E-state index in [1.807, 2.05) is 23.5 Å². The van der Waals surface area contributed by atoms with Gasteiger partial charge in [-0.2, -0.15) is 0 Å². The van der Waals surface area contributed by atoms with E-state index >= 15 is 0 Å². The number of hydrogen-bond acceptors (Lipinski definition) is 4. The number of benzene rings is 8. The van der Waals surface area contributed by atoms with Crippen molar-refractivity contribution >= 4 is 103 Å². The molecule has 0 aliphatic heterocycles. The van der Waals surface area contributed by atoms with Gasteiger partial charge in [0.15, 0.2) is 0 Å². The molecule has 4 heteroatoms. The Bertz CT molecular complexity index is 3110. The number of rotatable bonds is 4. The molecular weight excluding hydrogens is 631 g/mol. The van der Waals surface area contributed by atoms with Crippen LogP contribution in [0.2, 0.25) is 0 Å². The van der Waals surface area contributed by atoms with Crippen LogP contribution in [-0.4, -0.2) is 0 Å². The van der Waals surface area contributed by atoms with Crippen LogP contribution >= 0.6 is 11.3 Å². The lowest BCUT2D eigenvalue weighted by Gasteiger charge is -2.25. The Balaban J connectivity index is 1.11. The molecule has 0 saturated heterocycles. The van der Waals surface area contributed by atoms with Crippen molar-refractivity contribution in [2.24, 2.45) is 0 Å². The van der Waals surface area contributed by atoms with Crippen molar-refractivity contribution in [3.8, 4) is 11.1 Å². The van der Waals surface area contributed by atoms with Crippen LogP contribution in [0, 0.1) is 0 Å². The van der Waals surface area contributed by atoms with Crippen LogP contribution in [0.25, 0.3) is 85.9 Å². The highest BCUT2D eigenvalue weighted by atomic mass is 32.1. The zero-order valence-corrected chi connectivity index (χ0v) is 27.6. The normalized spacial score (nSPS) is 12.0. The third-order valence-corrected chi connectivity index (χ3v) is 11.2. The Hall–Kier alpha value is -6.36. The van der Waals surface area contributed by atoms with Crippen molar-refractivity contribution in [3.63, 3.8) is 0 Å². The minimum absolute atomic E-state index is 0.886. The van der Waals surface area contributed by atoms with Gasteiger partial charge in [-0.25, -0.2) is 0 Å². The Kier molecular flexibility index (Phi) is 5.83. The zero-order chi connectivity index (χ0) is 32.8. The van der Waals surface area contributed by atoms with Gasteiger partial charge >= 0.3 is 0 Å². The number of furan rings is 2. The molecule has 0 spiro atoms. The summed E-state index contributed by atoms with van der Waals surface area (Å²) < 4.78 is 15.2. The minimum atomic E-state index is 0.886. The quantitative estimate of drug-likeness (QED) is 0.189. The first-order valence-corrected chi connectivity index (χ1v) is 17.6. The van der Waals surface area contributed by atoms with Crippen LogP contribution in [0.1, 0.15) is 0 Å². The maximum atomic E-state index is 6.38. The summed E-state index contributed by atoms with van der Waals surface area (Å²) in [7, 11) is 0. The van der Waals surface area contributed by atoms with Gasteiger partial charge in [0.05, 0.1) is 0 Å². The smallest absolute Gasteiger partial charge is 0.136 e. The third kappa shape index (κ3) is 4.16. The molecule has 50 heavy (non-hydrogen) atoms. The Morgan fingerprint density at radius 2 is 1.06 bits per heavy atom. The van der Waals surface area contributed by atoms with Crippen molar-refractivity contribution in [2.45, 2.75) is 0 Å². The molecular formula is C46H27NO2S. The molecule has 11 rings (SSSR count). The summed E-state index contributed by atoms with van der Waals surface area (Å²) in [5, 5.41) is 9.41. The number of anilines is 3. The molecule has 3 nitrogen and oxygen atoms in total. The molecule has 8 aromatic carbocycles. The van der Waals surface area contributed by atoms with Crippen LogP contribution in [-0.2, 0) is 0 Å². The van der Waals surface area contributed by atoms with E-state index in [0.29, 0.717) is 0 Å². The first kappa shape index (κ1) is 27.6. The van der Waals surface area contributed by atoms with Crippen LogP contribution in [0.5, 0.6) is 0 Å². The van der Waals surface area contributed by atoms with Crippen LogP contribution < -0.4 is 4.90 Å². The molecule has 0 aliphatic rings. The van der Waals surface area contributed by atoms with Gasteiger partial charge in [0.25, 0.3) is 0 Å². The topological polar surface area (TPSA) is 29.5 Å². The molecule has 0 atom stereocenters. The van der Waals surface area contributed by atoms with Gasteiger partial charge in [0.2, 0.25) is 0 Å². The largest absolute Gasteiger partial charge is 0.456 e. The summed E-state index contributed by atoms with van der Waals surface area (Å²) in [5.41, 5.74) is 9.25. The van der Waals surface area contributed by atoms with E-state index in [4.69, 9.17) is 8.83 Å². The second kappa shape index (κ2) is 10.6. The molecule has 234 valence electrons. The van der Waals surface area contributed by atoms with E-state index in [2.05, 4.69) is 157 Å². The molecule has 3 heterocycles. The van der Waals surface area contributed by atoms with Gasteiger partial charge in [-0.3, -0.25) is 0 Å². The monoisotopic (exact) mass is 657 g/mol. The number of hydrogen-bond donors (Lipinski definition) is 0. The number of para-hydroxylation sites is 2. The lowest BCUT2D eigenvalue weighted by Crippen LogP contribution is -2.09. The minimum Gasteiger partial charge on any atom is -0.456 e. The van der Waals surface area contributed by atoms with Crippen LogP contribution in [0.4, 0.5) is 17.1 Å². The number of nitrogens with zero attached hydrogens (tertiary/aromatic N) is 1. The summed E-state index contributed by atoms with van der Waals surface area (Å²) in [5.74, 6) is 0. The molecule has 0 unspecified atom stereocenters. The molecule has 0 fully saturated rings. The van der Waals surface area contributed by atoms with E-state index in [1.54, 1.807) is 0 Å². The van der Waals surface area contributed by atoms with Gasteiger partial charge in [-0.05, 0) is 107 Å². The molecule has 0 bridgehead atoms. The fourth-order valence-electron chi connectivity index (χ4n) is 7.70. The zero-order valence-electron chi connectivity index (χ0n) is 26.8. The van der Waals surface area contributed by atoms with Crippen molar-refractivity contribution in [1.29, 1.82) is 0 Å². The first-order chi connectivity index (χ1) is 24.7. The van der Waals surface area contributed by atoms with E-state index in [-0.39, 0.29) is 0 Å². The van der Waals surface area contributed by atoms with E-state index in [1.165, 1.54) is 36.5 Å². The molecule has 0 N–H and O–H groups in total. The van der Waals surface area contributed by atoms with E-state index in [9.17, 15) is 0 Å². The van der Waals surface area contributed by atoms with Gasteiger partial charge in [0, 0.05) is 58.8 Å². The van der Waals surface area contributed by atoms with E-state index in [0.717, 1.165) is 66.5 Å². The highest BCUT2D eigenvalue weighted by Crippen LogP contribution is 2.45. The Labute approximate surface area is 290 Å². The molecule has 3 aromatic heterocycles. The van der Waals surface area contributed by atoms with Crippen LogP contribution in [0.15, 0.2) is 173 Å². The molecule has 0 aliphatic carbocycles. The summed E-state index contributed by atoms with van der Waals surface area (Å²) in [4.78, 5) is 2.35. The summed E-state index contributed by atoms with van der Waals surface area (Å²) >= 11 is 1.84. The average Bonchev–Trinajstić information content (AvgIpc) is 3.84. The second-order valence-corrected chi connectivity index (χ2v) is 14.0. The fraction of sp³-hybridized carbons (Fsp3) is 0. The third-order valence-electron chi connectivity index (χ3n) is 10.0. The van der Waals surface area contributed by atoms with E-state index < -0.39 is 0 Å². The van der Waals surface area contributed by atoms with Crippen molar-refractivity contribution < 1.29 is 8.83 Å². The Morgan fingerprint density at radius 1 is 0.380 bits per heavy atom. The average molecular weight is 658 g/mol. The summed E-state index contributed by atoms with van der Waals surface area (Å²) in [6.07, 6.45) is 0. The van der Waals surface area contributed by atoms with Gasteiger partial charge in [-0.1, -0.05) is 78.9 Å². The van der Waals surface area contributed by atoms with Gasteiger partial charge in [0.1, 0.15) is 22.3 Å². The molecule has 11 aromatic rings. The van der Waals surface area contributed by atoms with Crippen molar-refractivity contribution in [3.05, 3.63) is 164 Å². The maximum absolute atomic E-state index is 6.38. The Morgan fingerprint density at radius 3 is 1.94 bits per heavy atom. The van der Waals surface area contributed by atoms with Crippen molar-refractivity contribution in [1.82, 2.24) is 0 Å². The lowest BCUT2D eigenvalue weighted by molar-refractivity contribution is 0.669. The second-order valence-electron chi connectivity index (χ2n) is 12.9. The summed E-state index contributed by atoms with van der Waals surface area (Å²) in [6, 6.07) is 58.4. The van der Waals surface area contributed by atoms with Crippen LogP contribution in [0.3, 0.4) is 0 Å². The number of fused-ring (bicyclic) bond motifs is 10. The predicted octanol–water partition coefficient (Wildman–Crippen LogP) is 14.1. The first-order valence-electron chi connectivity index (χ1n) is 16.8. The lowest BCUT2D eigenvalue weighted by atomic mass is 9.98. The molecule has 0 saturated carbocycles. The SMILES string of the molecule is c1ccc(N(c2ccc3oc4cc5ccccc5cc4c3c2)c2ccc3sc4cccc(-c5ccc6c(c5)oc5ccccc56)c4c3c2)cc1. The molecule has 0 amide bonds. The fourth-order valence-corrected chi connectivity index (χ4v) is 8.81. The summed E-state index contributed by atoms with van der Waals surface area (Å²) in [6.45, 7) is 0. The van der Waals surface area contributed by atoms with Gasteiger partial charge < -0.3 is 13.7 Å².